The molecular weight excluding hydrogens is 504 g/mol. The van der Waals surface area contributed by atoms with Crippen LogP contribution < -0.4 is 10.6 Å². The maximum atomic E-state index is 11.4. The van der Waals surface area contributed by atoms with Crippen molar-refractivity contribution in [3.05, 3.63) is 0 Å². The number of rotatable bonds is 22. The van der Waals surface area contributed by atoms with Crippen LogP contribution in [0.4, 0.5) is 9.59 Å². The molecule has 0 spiro atoms. The predicted octanol–water partition coefficient (Wildman–Crippen LogP) is 1.10. The van der Waals surface area contributed by atoms with Gasteiger partial charge >= 0.3 is 12.2 Å². The van der Waals surface area contributed by atoms with Crippen molar-refractivity contribution in [3.63, 3.8) is 0 Å². The highest BCUT2D eigenvalue weighted by atomic mass is 32.2. The van der Waals surface area contributed by atoms with Crippen LogP contribution in [0.2, 0.25) is 0 Å². The first-order valence-corrected chi connectivity index (χ1v) is 13.0. The smallest absolute Gasteiger partial charge is 0.408 e. The van der Waals surface area contributed by atoms with Crippen molar-refractivity contribution < 1.29 is 48.8 Å². The summed E-state index contributed by atoms with van der Waals surface area (Å²) in [5.41, 5.74) is 0. The molecule has 0 aliphatic carbocycles. The third-order valence-electron chi connectivity index (χ3n) is 2.67. The molecule has 2 amide bonds. The van der Waals surface area contributed by atoms with Gasteiger partial charge in [-0.3, -0.25) is 0 Å². The number of amides is 2. The summed E-state index contributed by atoms with van der Waals surface area (Å²) in [5, 5.41) is 22.1. The third kappa shape index (κ3) is 26.5. The fourth-order valence-electron chi connectivity index (χ4n) is 1.29. The van der Waals surface area contributed by atoms with Crippen LogP contribution in [0, 0.1) is 0 Å². The molecule has 14 nitrogen and oxygen atoms in total. The topological polar surface area (TPSA) is 179 Å². The van der Waals surface area contributed by atoms with E-state index in [4.69, 9.17) is 29.5 Å². The normalized spacial score (nSPS) is 11.0. The number of hydrogen-bond acceptors (Lipinski definition) is 15. The molecule has 0 saturated carbocycles. The minimum absolute atomic E-state index is 0.0291. The number of carbonyl (C=O) groups excluding carboxylic acids is 2. The van der Waals surface area contributed by atoms with E-state index in [0.717, 1.165) is 12.8 Å². The van der Waals surface area contributed by atoms with Crippen molar-refractivity contribution in [2.75, 3.05) is 61.8 Å². The molecule has 0 rings (SSSR count). The van der Waals surface area contributed by atoms with E-state index in [1.165, 1.54) is 35.3 Å². The molecule has 0 saturated heterocycles. The van der Waals surface area contributed by atoms with Crippen LogP contribution >= 0.6 is 35.3 Å². The van der Waals surface area contributed by atoms with Gasteiger partial charge < -0.3 is 40.1 Å². The highest BCUT2D eigenvalue weighted by molar-refractivity contribution is 7.99. The summed E-state index contributed by atoms with van der Waals surface area (Å²) in [6, 6.07) is 0. The van der Waals surface area contributed by atoms with Crippen LogP contribution in [0.1, 0.15) is 12.8 Å². The van der Waals surface area contributed by atoms with Crippen molar-refractivity contribution >= 4 is 60.3 Å². The predicted molar refractivity (Wildman–Crippen MR) is 126 cm³/mol. The zero-order chi connectivity index (χ0) is 24.2. The van der Waals surface area contributed by atoms with E-state index < -0.39 is 12.2 Å². The number of alkyl carbamates (subject to hydrolysis) is 2. The van der Waals surface area contributed by atoms with E-state index in [1.807, 2.05) is 0 Å². The first-order chi connectivity index (χ1) is 16.2. The highest BCUT2D eigenvalue weighted by Crippen LogP contribution is 2.02. The van der Waals surface area contributed by atoms with Gasteiger partial charge in [-0.25, -0.2) is 19.6 Å². The van der Waals surface area contributed by atoms with Gasteiger partial charge in [0, 0.05) is 19.6 Å². The minimum atomic E-state index is -0.576. The summed E-state index contributed by atoms with van der Waals surface area (Å²) in [6.07, 6.45) is 2.01. The molecule has 0 aromatic carbocycles. The van der Waals surface area contributed by atoms with Gasteiger partial charge in [-0.15, -0.1) is 23.5 Å². The van der Waals surface area contributed by atoms with E-state index in [2.05, 4.69) is 30.4 Å². The van der Waals surface area contributed by atoms with Crippen LogP contribution in [0.15, 0.2) is 9.98 Å². The number of ether oxygens (including phenoxy) is 2. The van der Waals surface area contributed by atoms with Crippen molar-refractivity contribution in [3.8, 4) is 0 Å². The standard InChI is InChI=1S/C16H30N4O10S3/c21-3-1-5-25-15(23)19-11-31-10-18-8-29-30-14-33-13-26-16(24)20-12-32-9-17-7-28-27-6-2-4-22/h7-8,21-22H,1-6,9-14H2,(H,19,23)(H,20,24). The second-order valence-electron chi connectivity index (χ2n) is 5.18. The molecule has 0 aromatic heterocycles. The van der Waals surface area contributed by atoms with Gasteiger partial charge in [0.15, 0.2) is 0 Å². The van der Waals surface area contributed by atoms with Crippen LogP contribution in [-0.2, 0) is 29.0 Å². The lowest BCUT2D eigenvalue weighted by Gasteiger charge is -2.06. The zero-order valence-electron chi connectivity index (χ0n) is 17.9. The number of nitrogens with one attached hydrogen (secondary N) is 2. The van der Waals surface area contributed by atoms with Crippen molar-refractivity contribution in [2.45, 2.75) is 12.8 Å². The van der Waals surface area contributed by atoms with Gasteiger partial charge in [-0.2, -0.15) is 9.78 Å². The molecule has 0 radical (unpaired) electrons. The molecule has 0 aliphatic heterocycles. The van der Waals surface area contributed by atoms with Crippen molar-refractivity contribution in [2.24, 2.45) is 9.98 Å². The maximum Gasteiger partial charge on any atom is 0.408 e. The summed E-state index contributed by atoms with van der Waals surface area (Å²) < 4.78 is 9.69. The van der Waals surface area contributed by atoms with Gasteiger partial charge in [-0.05, 0) is 6.42 Å². The monoisotopic (exact) mass is 534 g/mol. The Morgan fingerprint density at radius 2 is 1.33 bits per heavy atom. The molecule has 0 aliphatic rings. The molecule has 33 heavy (non-hydrogen) atoms. The second kappa shape index (κ2) is 26.6. The van der Waals surface area contributed by atoms with Crippen molar-refractivity contribution in [1.29, 1.82) is 0 Å². The second-order valence-corrected chi connectivity index (χ2v) is 7.97. The number of hydrogen-bond donors (Lipinski definition) is 4. The molecule has 17 heteroatoms. The number of thioether (sulfide) groups is 3. The Morgan fingerprint density at radius 3 is 1.97 bits per heavy atom. The molecule has 0 aromatic rings. The van der Waals surface area contributed by atoms with E-state index in [1.54, 1.807) is 0 Å². The average molecular weight is 535 g/mol. The Bertz CT molecular complexity index is 535. The summed E-state index contributed by atoms with van der Waals surface area (Å²) >= 11 is 3.82. The molecule has 4 N–H and O–H groups in total. The molecule has 0 atom stereocenters. The molecule has 192 valence electrons. The van der Waals surface area contributed by atoms with Crippen LogP contribution in [0.25, 0.3) is 0 Å². The van der Waals surface area contributed by atoms with E-state index in [-0.39, 0.29) is 38.3 Å². The Hall–Kier alpha value is -1.63. The van der Waals surface area contributed by atoms with E-state index >= 15 is 0 Å². The Balaban J connectivity index is 3.33. The lowest BCUT2D eigenvalue weighted by atomic mass is 10.5. The molecule has 0 unspecified atom stereocenters. The minimum Gasteiger partial charge on any atom is -0.449 e. The summed E-state index contributed by atoms with van der Waals surface area (Å²) in [7, 11) is 0. The van der Waals surface area contributed by atoms with Crippen LogP contribution in [-0.4, -0.2) is 97.0 Å². The largest absolute Gasteiger partial charge is 0.449 e. The molecule has 0 bridgehead atoms. The van der Waals surface area contributed by atoms with Gasteiger partial charge in [-0.1, -0.05) is 11.8 Å². The van der Waals surface area contributed by atoms with Gasteiger partial charge in [0.2, 0.25) is 12.8 Å². The summed E-state index contributed by atoms with van der Waals surface area (Å²) in [5.74, 6) is 1.51. The Kier molecular flexibility index (Phi) is 25.3. The first kappa shape index (κ1) is 31.4. The van der Waals surface area contributed by atoms with Gasteiger partial charge in [0.1, 0.15) is 11.9 Å². The van der Waals surface area contributed by atoms with E-state index in [9.17, 15) is 9.59 Å². The zero-order valence-corrected chi connectivity index (χ0v) is 20.4. The SMILES string of the molecule is O=C(NCSCN=COOCSCOC(=O)NCSCN=COOCCCO)OCCCO. The molecule has 0 heterocycles. The number of aliphatic hydroxyl groups is 2. The Morgan fingerprint density at radius 1 is 0.758 bits per heavy atom. The number of nitrogens with zero attached hydrogens (tertiary/aromatic N) is 2. The maximum absolute atomic E-state index is 11.4. The lowest BCUT2D eigenvalue weighted by Crippen LogP contribution is -2.24. The van der Waals surface area contributed by atoms with Gasteiger partial charge in [0.25, 0.3) is 0 Å². The number of aliphatic hydroxyl groups excluding tert-OH is 2. The van der Waals surface area contributed by atoms with Gasteiger partial charge in [0.05, 0.1) is 36.7 Å². The number of carbonyl (C=O) groups is 2. The number of aliphatic imine (C=N–C) groups is 2. The first-order valence-electron chi connectivity index (χ1n) is 9.50. The summed E-state index contributed by atoms with van der Waals surface area (Å²) in [6.45, 7) is 0.441. The molecular formula is C16H30N4O10S3. The average Bonchev–Trinajstić information content (AvgIpc) is 2.81. The Labute approximate surface area is 204 Å². The lowest BCUT2D eigenvalue weighted by molar-refractivity contribution is -0.217. The van der Waals surface area contributed by atoms with Crippen molar-refractivity contribution in [1.82, 2.24) is 10.6 Å². The quantitative estimate of drug-likeness (QED) is 0.0388. The summed E-state index contributed by atoms with van der Waals surface area (Å²) in [4.78, 5) is 49.2. The fraction of sp³-hybridized carbons (Fsp3) is 0.750. The fourth-order valence-corrected chi connectivity index (χ4v) is 2.63. The highest BCUT2D eigenvalue weighted by Gasteiger charge is 2.01. The van der Waals surface area contributed by atoms with Crippen LogP contribution in [0.3, 0.4) is 0 Å². The van der Waals surface area contributed by atoms with Crippen LogP contribution in [0.5, 0.6) is 0 Å². The third-order valence-corrected chi connectivity index (χ3v) is 4.57. The van der Waals surface area contributed by atoms with E-state index in [0.29, 0.717) is 36.3 Å². The molecule has 0 fully saturated rings.